The number of hydrogen-bond acceptors (Lipinski definition) is 3. The van der Waals surface area contributed by atoms with Gasteiger partial charge in [0.2, 0.25) is 10.0 Å². The second kappa shape index (κ2) is 3.80. The van der Waals surface area contributed by atoms with Crippen molar-refractivity contribution in [2.75, 3.05) is 11.0 Å². The minimum absolute atomic E-state index is 0.435. The summed E-state index contributed by atoms with van der Waals surface area (Å²) < 4.78 is 23.9. The van der Waals surface area contributed by atoms with Crippen molar-refractivity contribution in [3.8, 4) is 0 Å². The molecular formula is C7H9BNO3S. The Morgan fingerprint density at radius 3 is 2.69 bits per heavy atom. The number of sulfonamides is 1. The van der Waals surface area contributed by atoms with E-state index in [0.29, 0.717) is 11.2 Å². The van der Waals surface area contributed by atoms with Crippen LogP contribution in [0.25, 0.3) is 0 Å². The average molecular weight is 198 g/mol. The summed E-state index contributed by atoms with van der Waals surface area (Å²) in [5.74, 6) is 0. The highest BCUT2D eigenvalue weighted by molar-refractivity contribution is 7.92. The topological polar surface area (TPSA) is 66.4 Å². The quantitative estimate of drug-likeness (QED) is 0.630. The molecule has 0 aliphatic carbocycles. The van der Waals surface area contributed by atoms with Crippen molar-refractivity contribution in [2.24, 2.45) is 0 Å². The highest BCUT2D eigenvalue weighted by Crippen LogP contribution is 2.04. The molecule has 2 N–H and O–H groups in total. The largest absolute Gasteiger partial charge is 0.450 e. The predicted octanol–water partition coefficient (Wildman–Crippen LogP) is -0.705. The molecule has 0 amide bonds. The molecular weight excluding hydrogens is 189 g/mol. The molecule has 4 nitrogen and oxygen atoms in total. The molecule has 6 heteroatoms. The molecule has 1 aromatic carbocycles. The number of rotatable bonds is 3. The monoisotopic (exact) mass is 198 g/mol. The van der Waals surface area contributed by atoms with Crippen molar-refractivity contribution in [3.63, 3.8) is 0 Å². The zero-order valence-corrected chi connectivity index (χ0v) is 7.88. The lowest BCUT2D eigenvalue weighted by molar-refractivity contribution is 0.606. The van der Waals surface area contributed by atoms with Gasteiger partial charge in [0.05, 0.1) is 6.26 Å². The van der Waals surface area contributed by atoms with Gasteiger partial charge in [-0.25, -0.2) is 8.42 Å². The number of hydrogen-bond donors (Lipinski definition) is 2. The second-order valence-corrected chi connectivity index (χ2v) is 4.38. The van der Waals surface area contributed by atoms with Crippen LogP contribution >= 0.6 is 0 Å². The van der Waals surface area contributed by atoms with Crippen LogP contribution in [0, 0.1) is 0 Å². The molecule has 0 aromatic heterocycles. The standard InChI is InChI=1S/C7H9BNO3S/c1-13(11,12)9-7-4-2-3-6(5-7)8-10/h2-5,9-10H,1H3. The van der Waals surface area contributed by atoms with Crippen LogP contribution in [0.2, 0.25) is 0 Å². The summed E-state index contributed by atoms with van der Waals surface area (Å²) in [5.41, 5.74) is 0.985. The van der Waals surface area contributed by atoms with E-state index in [4.69, 9.17) is 5.02 Å². The lowest BCUT2D eigenvalue weighted by Gasteiger charge is -2.03. The van der Waals surface area contributed by atoms with Gasteiger partial charge < -0.3 is 5.02 Å². The molecule has 0 atom stereocenters. The molecule has 0 fully saturated rings. The van der Waals surface area contributed by atoms with E-state index in [2.05, 4.69) is 4.72 Å². The Kier molecular flexibility index (Phi) is 2.95. The summed E-state index contributed by atoms with van der Waals surface area (Å²) in [4.78, 5) is 0. The van der Waals surface area contributed by atoms with Gasteiger partial charge in [0.25, 0.3) is 0 Å². The van der Waals surface area contributed by atoms with Crippen molar-refractivity contribution in [3.05, 3.63) is 24.3 Å². The molecule has 0 bridgehead atoms. The highest BCUT2D eigenvalue weighted by Gasteiger charge is 2.01. The van der Waals surface area contributed by atoms with E-state index < -0.39 is 10.0 Å². The van der Waals surface area contributed by atoms with E-state index in [-0.39, 0.29) is 0 Å². The first-order valence-corrected chi connectivity index (χ1v) is 5.46. The van der Waals surface area contributed by atoms with Crippen molar-refractivity contribution in [2.45, 2.75) is 0 Å². The van der Waals surface area contributed by atoms with E-state index in [1.165, 1.54) is 6.07 Å². The predicted molar refractivity (Wildman–Crippen MR) is 52.5 cm³/mol. The molecule has 0 aliphatic heterocycles. The SMILES string of the molecule is CS(=O)(=O)Nc1cccc([B]O)c1. The molecule has 1 radical (unpaired) electrons. The summed E-state index contributed by atoms with van der Waals surface area (Å²) in [5, 5.41) is 8.66. The lowest BCUT2D eigenvalue weighted by Crippen LogP contribution is -2.16. The van der Waals surface area contributed by atoms with Crippen LogP contribution in [0.3, 0.4) is 0 Å². The first-order chi connectivity index (χ1) is 6.01. The van der Waals surface area contributed by atoms with Gasteiger partial charge in [0.15, 0.2) is 0 Å². The fourth-order valence-electron chi connectivity index (χ4n) is 0.897. The third-order valence-corrected chi connectivity index (χ3v) is 1.95. The van der Waals surface area contributed by atoms with Gasteiger partial charge in [-0.3, -0.25) is 4.72 Å². The van der Waals surface area contributed by atoms with Gasteiger partial charge in [-0.15, -0.1) is 0 Å². The summed E-state index contributed by atoms with van der Waals surface area (Å²) in [6, 6.07) is 6.44. The summed E-state index contributed by atoms with van der Waals surface area (Å²) in [7, 11) is -2.34. The third-order valence-electron chi connectivity index (χ3n) is 1.34. The Morgan fingerprint density at radius 1 is 1.46 bits per heavy atom. The maximum atomic E-state index is 10.8. The van der Waals surface area contributed by atoms with Crippen LogP contribution in [0.4, 0.5) is 5.69 Å². The molecule has 0 spiro atoms. The van der Waals surface area contributed by atoms with Crippen LogP contribution in [-0.2, 0) is 10.0 Å². The molecule has 1 rings (SSSR count). The van der Waals surface area contributed by atoms with Gasteiger partial charge in [-0.1, -0.05) is 17.6 Å². The zero-order chi connectivity index (χ0) is 9.90. The first kappa shape index (κ1) is 10.1. The van der Waals surface area contributed by atoms with Crippen molar-refractivity contribution >= 4 is 28.7 Å². The van der Waals surface area contributed by atoms with Gasteiger partial charge in [-0.2, -0.15) is 0 Å². The minimum Gasteiger partial charge on any atom is -0.450 e. The number of benzene rings is 1. The van der Waals surface area contributed by atoms with Gasteiger partial charge >= 0.3 is 7.48 Å². The van der Waals surface area contributed by atoms with Crippen LogP contribution in [0.15, 0.2) is 24.3 Å². The third kappa shape index (κ3) is 3.48. The molecule has 0 aliphatic rings. The minimum atomic E-state index is -3.25. The average Bonchev–Trinajstić information content (AvgIpc) is 2.01. The molecule has 0 saturated carbocycles. The Balaban J connectivity index is 2.90. The highest BCUT2D eigenvalue weighted by atomic mass is 32.2. The van der Waals surface area contributed by atoms with E-state index in [1.54, 1.807) is 18.2 Å². The van der Waals surface area contributed by atoms with E-state index in [9.17, 15) is 8.42 Å². The van der Waals surface area contributed by atoms with Crippen LogP contribution in [0.1, 0.15) is 0 Å². The zero-order valence-electron chi connectivity index (χ0n) is 7.06. The lowest BCUT2D eigenvalue weighted by atomic mass is 9.89. The molecule has 69 valence electrons. The first-order valence-electron chi connectivity index (χ1n) is 3.56. The molecule has 0 heterocycles. The van der Waals surface area contributed by atoms with E-state index in [0.717, 1.165) is 13.7 Å². The maximum Gasteiger partial charge on any atom is 0.326 e. The summed E-state index contributed by atoms with van der Waals surface area (Å²) in [6.45, 7) is 0. The maximum absolute atomic E-state index is 10.8. The molecule has 1 aromatic rings. The summed E-state index contributed by atoms with van der Waals surface area (Å²) in [6.07, 6.45) is 1.07. The second-order valence-electron chi connectivity index (χ2n) is 2.63. The fraction of sp³-hybridized carbons (Fsp3) is 0.143. The fourth-order valence-corrected chi connectivity index (χ4v) is 1.45. The van der Waals surface area contributed by atoms with Crippen LogP contribution in [-0.4, -0.2) is 27.2 Å². The summed E-state index contributed by atoms with van der Waals surface area (Å²) >= 11 is 0. The van der Waals surface area contributed by atoms with Crippen LogP contribution < -0.4 is 10.2 Å². The van der Waals surface area contributed by atoms with Gasteiger partial charge in [0.1, 0.15) is 0 Å². The Labute approximate surface area is 77.9 Å². The van der Waals surface area contributed by atoms with Gasteiger partial charge in [-0.05, 0) is 12.1 Å². The van der Waals surface area contributed by atoms with Crippen LogP contribution in [0.5, 0.6) is 0 Å². The van der Waals surface area contributed by atoms with Crippen molar-refractivity contribution in [1.29, 1.82) is 0 Å². The van der Waals surface area contributed by atoms with Crippen molar-refractivity contribution in [1.82, 2.24) is 0 Å². The van der Waals surface area contributed by atoms with E-state index >= 15 is 0 Å². The Bertz CT molecular complexity index is 390. The van der Waals surface area contributed by atoms with Crippen molar-refractivity contribution < 1.29 is 13.4 Å². The van der Waals surface area contributed by atoms with E-state index in [1.807, 2.05) is 0 Å². The Morgan fingerprint density at radius 2 is 2.15 bits per heavy atom. The number of anilines is 1. The Hall–Kier alpha value is -1.01. The molecule has 0 saturated heterocycles. The smallest absolute Gasteiger partial charge is 0.326 e. The normalized spacial score (nSPS) is 10.9. The van der Waals surface area contributed by atoms with Gasteiger partial charge in [0, 0.05) is 5.69 Å². The molecule has 13 heavy (non-hydrogen) atoms. The number of nitrogens with one attached hydrogen (secondary N) is 1. The molecule has 0 unspecified atom stereocenters.